The van der Waals surface area contributed by atoms with Crippen LogP contribution in [-0.4, -0.2) is 29.5 Å². The van der Waals surface area contributed by atoms with Crippen molar-refractivity contribution in [3.63, 3.8) is 0 Å². The number of carbonyl (C=O) groups is 2. The fraction of sp³-hybridized carbons (Fsp3) is 0.292. The summed E-state index contributed by atoms with van der Waals surface area (Å²) in [5.74, 6) is -0.858. The second-order valence-electron chi connectivity index (χ2n) is 7.32. The van der Waals surface area contributed by atoms with E-state index in [0.717, 1.165) is 18.4 Å². The first-order valence-electron chi connectivity index (χ1n) is 10.0. The number of amides is 1. The van der Waals surface area contributed by atoms with Gasteiger partial charge in [0.2, 0.25) is 0 Å². The second kappa shape index (κ2) is 9.72. The van der Waals surface area contributed by atoms with E-state index in [2.05, 4.69) is 12.2 Å². The van der Waals surface area contributed by atoms with Gasteiger partial charge < -0.3 is 10.1 Å². The summed E-state index contributed by atoms with van der Waals surface area (Å²) in [5, 5.41) is 4.11. The Kier molecular flexibility index (Phi) is 7.06. The third-order valence-electron chi connectivity index (χ3n) is 4.90. The molecule has 5 nitrogen and oxygen atoms in total. The monoisotopic (exact) mass is 424 g/mol. The molecule has 1 N–H and O–H groups in total. The van der Waals surface area contributed by atoms with Gasteiger partial charge in [-0.05, 0) is 44.0 Å². The Morgan fingerprint density at radius 2 is 1.93 bits per heavy atom. The van der Waals surface area contributed by atoms with Crippen LogP contribution in [0.1, 0.15) is 42.6 Å². The van der Waals surface area contributed by atoms with Gasteiger partial charge in [-0.2, -0.15) is 0 Å². The zero-order chi connectivity index (χ0) is 21.7. The molecule has 156 valence electrons. The molecule has 3 aromatic rings. The minimum Gasteiger partial charge on any atom is -0.452 e. The summed E-state index contributed by atoms with van der Waals surface area (Å²) in [5.41, 5.74) is 3.23. The molecule has 0 spiro atoms. The maximum absolute atomic E-state index is 13.0. The molecule has 0 saturated heterocycles. The highest BCUT2D eigenvalue weighted by Crippen LogP contribution is 2.31. The first-order chi connectivity index (χ1) is 14.4. The quantitative estimate of drug-likeness (QED) is 0.521. The lowest BCUT2D eigenvalue weighted by Gasteiger charge is -2.15. The normalized spacial score (nSPS) is 11.9. The van der Waals surface area contributed by atoms with E-state index >= 15 is 0 Å². The van der Waals surface area contributed by atoms with E-state index in [1.54, 1.807) is 6.07 Å². The maximum atomic E-state index is 13.0. The number of rotatable bonds is 7. The van der Waals surface area contributed by atoms with Gasteiger partial charge >= 0.3 is 5.97 Å². The molecule has 6 heteroatoms. The molecule has 1 aromatic heterocycles. The van der Waals surface area contributed by atoms with Crippen molar-refractivity contribution >= 4 is 34.4 Å². The molecular formula is C24H25ClN2O3. The molecular weight excluding hydrogens is 400 g/mol. The molecule has 3 rings (SSSR count). The van der Waals surface area contributed by atoms with Crippen LogP contribution >= 0.6 is 11.6 Å². The van der Waals surface area contributed by atoms with Gasteiger partial charge in [0.25, 0.3) is 5.91 Å². The molecule has 1 heterocycles. The first kappa shape index (κ1) is 21.8. The molecule has 0 unspecified atom stereocenters. The molecule has 0 aliphatic rings. The third-order valence-corrected chi connectivity index (χ3v) is 5.14. The molecule has 0 aliphatic heterocycles. The Balaban J connectivity index is 1.93. The number of hydrogen-bond donors (Lipinski definition) is 1. The summed E-state index contributed by atoms with van der Waals surface area (Å²) in [6.07, 6.45) is 1.84. The summed E-state index contributed by atoms with van der Waals surface area (Å²) < 4.78 is 5.37. The number of carbonyl (C=O) groups excluding carboxylic acids is 2. The predicted molar refractivity (Wildman–Crippen MR) is 120 cm³/mol. The molecule has 2 aromatic carbocycles. The van der Waals surface area contributed by atoms with Crippen LogP contribution in [0.15, 0.2) is 48.5 Å². The number of pyridine rings is 1. The van der Waals surface area contributed by atoms with E-state index in [1.165, 1.54) is 0 Å². The topological polar surface area (TPSA) is 68.3 Å². The number of esters is 1. The first-order valence-corrected chi connectivity index (χ1v) is 10.4. The minimum absolute atomic E-state index is 0.0409. The van der Waals surface area contributed by atoms with E-state index in [-0.39, 0.29) is 18.6 Å². The standard InChI is InChI=1S/C24H25ClN2O3/c1-4-8-15(2)26-21(28)14-30-24(29)22-16(3)23(17-9-7-10-18(25)13-17)27-20-12-6-5-11-19(20)22/h5-7,9-13,15H,4,8,14H2,1-3H3,(H,26,28)/t15-/m0/s1. The van der Waals surface area contributed by atoms with Crippen LogP contribution in [0.25, 0.3) is 22.2 Å². The van der Waals surface area contributed by atoms with Crippen LogP contribution in [-0.2, 0) is 9.53 Å². The van der Waals surface area contributed by atoms with Crippen LogP contribution < -0.4 is 5.32 Å². The lowest BCUT2D eigenvalue weighted by atomic mass is 9.98. The molecule has 0 fully saturated rings. The molecule has 0 bridgehead atoms. The fourth-order valence-corrected chi connectivity index (χ4v) is 3.70. The molecule has 1 atom stereocenters. The van der Waals surface area contributed by atoms with Gasteiger partial charge in [0.1, 0.15) is 0 Å². The van der Waals surface area contributed by atoms with E-state index in [1.807, 2.05) is 56.3 Å². The van der Waals surface area contributed by atoms with Crippen molar-refractivity contribution in [1.82, 2.24) is 10.3 Å². The highest BCUT2D eigenvalue weighted by Gasteiger charge is 2.21. The van der Waals surface area contributed by atoms with Crippen molar-refractivity contribution in [3.8, 4) is 11.3 Å². The summed E-state index contributed by atoms with van der Waals surface area (Å²) in [7, 11) is 0. The van der Waals surface area contributed by atoms with Crippen molar-refractivity contribution < 1.29 is 14.3 Å². The molecule has 0 radical (unpaired) electrons. The number of benzene rings is 2. The Morgan fingerprint density at radius 3 is 2.67 bits per heavy atom. The van der Waals surface area contributed by atoms with Crippen LogP contribution in [0.5, 0.6) is 0 Å². The number of halogens is 1. The van der Waals surface area contributed by atoms with Gasteiger partial charge in [0.05, 0.1) is 16.8 Å². The van der Waals surface area contributed by atoms with Gasteiger partial charge in [-0.1, -0.05) is 55.3 Å². The third kappa shape index (κ3) is 4.97. The summed E-state index contributed by atoms with van der Waals surface area (Å²) in [6, 6.07) is 14.8. The Hall–Kier alpha value is -2.92. The average Bonchev–Trinajstić information content (AvgIpc) is 2.71. The van der Waals surface area contributed by atoms with Gasteiger partial charge in [-0.25, -0.2) is 9.78 Å². The van der Waals surface area contributed by atoms with Crippen LogP contribution in [0.2, 0.25) is 5.02 Å². The Morgan fingerprint density at radius 1 is 1.17 bits per heavy atom. The predicted octanol–water partition coefficient (Wildman–Crippen LogP) is 5.33. The van der Waals surface area contributed by atoms with Crippen LogP contribution in [0.4, 0.5) is 0 Å². The van der Waals surface area contributed by atoms with E-state index in [4.69, 9.17) is 21.3 Å². The Labute approximate surface area is 181 Å². The molecule has 0 aliphatic carbocycles. The van der Waals surface area contributed by atoms with E-state index in [0.29, 0.717) is 32.7 Å². The summed E-state index contributed by atoms with van der Waals surface area (Å²) >= 11 is 6.15. The number of aromatic nitrogens is 1. The lowest BCUT2D eigenvalue weighted by molar-refractivity contribution is -0.124. The molecule has 1 amide bonds. The van der Waals surface area contributed by atoms with Crippen LogP contribution in [0, 0.1) is 6.92 Å². The van der Waals surface area contributed by atoms with E-state index in [9.17, 15) is 9.59 Å². The smallest absolute Gasteiger partial charge is 0.339 e. The molecule has 0 saturated carbocycles. The van der Waals surface area contributed by atoms with Gasteiger partial charge in [-0.3, -0.25) is 4.79 Å². The van der Waals surface area contributed by atoms with Gasteiger partial charge in [0.15, 0.2) is 6.61 Å². The zero-order valence-corrected chi connectivity index (χ0v) is 18.1. The lowest BCUT2D eigenvalue weighted by Crippen LogP contribution is -2.35. The maximum Gasteiger partial charge on any atom is 0.339 e. The number of nitrogens with zero attached hydrogens (tertiary/aromatic N) is 1. The number of ether oxygens (including phenoxy) is 1. The summed E-state index contributed by atoms with van der Waals surface area (Å²) in [6.45, 7) is 5.49. The van der Waals surface area contributed by atoms with Crippen molar-refractivity contribution in [2.75, 3.05) is 6.61 Å². The number of fused-ring (bicyclic) bond motifs is 1. The second-order valence-corrected chi connectivity index (χ2v) is 7.76. The fourth-order valence-electron chi connectivity index (χ4n) is 3.51. The van der Waals surface area contributed by atoms with Crippen molar-refractivity contribution in [2.45, 2.75) is 39.7 Å². The SMILES string of the molecule is CCC[C@H](C)NC(=O)COC(=O)c1c(C)c(-c2cccc(Cl)c2)nc2ccccc12. The van der Waals surface area contributed by atoms with Gasteiger partial charge in [-0.15, -0.1) is 0 Å². The highest BCUT2D eigenvalue weighted by atomic mass is 35.5. The average molecular weight is 425 g/mol. The summed E-state index contributed by atoms with van der Waals surface area (Å²) in [4.78, 5) is 29.9. The number of para-hydroxylation sites is 1. The number of nitrogens with one attached hydrogen (secondary N) is 1. The Bertz CT molecular complexity index is 1080. The van der Waals surface area contributed by atoms with Crippen molar-refractivity contribution in [1.29, 1.82) is 0 Å². The van der Waals surface area contributed by atoms with E-state index < -0.39 is 5.97 Å². The minimum atomic E-state index is -0.548. The number of hydrogen-bond acceptors (Lipinski definition) is 4. The van der Waals surface area contributed by atoms with Gasteiger partial charge in [0, 0.05) is 22.0 Å². The van der Waals surface area contributed by atoms with Crippen molar-refractivity contribution in [3.05, 3.63) is 64.7 Å². The molecule has 30 heavy (non-hydrogen) atoms. The van der Waals surface area contributed by atoms with Crippen molar-refractivity contribution in [2.24, 2.45) is 0 Å². The van der Waals surface area contributed by atoms with Crippen LogP contribution in [0.3, 0.4) is 0 Å². The largest absolute Gasteiger partial charge is 0.452 e. The zero-order valence-electron chi connectivity index (χ0n) is 17.4. The highest BCUT2D eigenvalue weighted by molar-refractivity contribution is 6.30.